The second-order valence-electron chi connectivity index (χ2n) is 4.91. The Morgan fingerprint density at radius 1 is 1.27 bits per heavy atom. The van der Waals surface area contributed by atoms with Gasteiger partial charge in [0.15, 0.2) is 0 Å². The maximum Gasteiger partial charge on any atom is 0.270 e. The van der Waals surface area contributed by atoms with Crippen LogP contribution in [0.15, 0.2) is 36.4 Å². The molecule has 2 amide bonds. The monoisotopic (exact) mass is 295 g/mol. The second kappa shape index (κ2) is 7.23. The highest BCUT2D eigenvalue weighted by Crippen LogP contribution is 2.12. The maximum atomic E-state index is 12.2. The van der Waals surface area contributed by atoms with Crippen LogP contribution in [-0.2, 0) is 4.79 Å². The summed E-state index contributed by atoms with van der Waals surface area (Å²) >= 11 is 0. The van der Waals surface area contributed by atoms with Gasteiger partial charge in [-0.2, -0.15) is 0 Å². The minimum absolute atomic E-state index is 0.252. The first kappa shape index (κ1) is 15.5. The summed E-state index contributed by atoms with van der Waals surface area (Å²) in [5, 5.41) is 3.56. The molecule has 1 aromatic heterocycles. The molecule has 0 aliphatic rings. The van der Waals surface area contributed by atoms with E-state index in [0.717, 1.165) is 10.9 Å². The molecule has 0 aliphatic carbocycles. The minimum Gasteiger partial charge on any atom is -0.368 e. The average molecular weight is 295 g/mol. The van der Waals surface area contributed by atoms with Gasteiger partial charge >= 0.3 is 0 Å². The summed E-state index contributed by atoms with van der Waals surface area (Å²) in [7, 11) is 0. The van der Waals surface area contributed by atoms with E-state index in [1.807, 2.05) is 30.3 Å². The predicted octanol–water partition coefficient (Wildman–Crippen LogP) is 1.62. The van der Waals surface area contributed by atoms with Gasteiger partial charge in [0, 0.05) is 11.8 Å². The SMILES string of the molecule is C#CCCC[C@@H](NC(=O)c1ccc2ccccc2n1)C(N)=O. The number of carbonyl (C=O) groups is 2. The van der Waals surface area contributed by atoms with Gasteiger partial charge in [-0.05, 0) is 25.0 Å². The average Bonchev–Trinajstić information content (AvgIpc) is 2.53. The van der Waals surface area contributed by atoms with Crippen LogP contribution in [0.4, 0.5) is 0 Å². The van der Waals surface area contributed by atoms with E-state index < -0.39 is 17.9 Å². The van der Waals surface area contributed by atoms with E-state index in [0.29, 0.717) is 19.3 Å². The second-order valence-corrected chi connectivity index (χ2v) is 4.91. The zero-order valence-corrected chi connectivity index (χ0v) is 12.1. The van der Waals surface area contributed by atoms with Gasteiger partial charge in [-0.3, -0.25) is 9.59 Å². The van der Waals surface area contributed by atoms with Crippen LogP contribution in [0.1, 0.15) is 29.8 Å². The predicted molar refractivity (Wildman–Crippen MR) is 84.9 cm³/mol. The normalized spacial score (nSPS) is 11.6. The van der Waals surface area contributed by atoms with E-state index in [1.165, 1.54) is 0 Å². The molecule has 1 aromatic carbocycles. The molecule has 1 atom stereocenters. The van der Waals surface area contributed by atoms with Crippen molar-refractivity contribution in [1.29, 1.82) is 0 Å². The first-order valence-corrected chi connectivity index (χ1v) is 7.01. The molecular weight excluding hydrogens is 278 g/mol. The number of carbonyl (C=O) groups excluding carboxylic acids is 2. The third-order valence-electron chi connectivity index (χ3n) is 3.29. The molecule has 0 fully saturated rings. The summed E-state index contributed by atoms with van der Waals surface area (Å²) in [6.07, 6.45) is 6.74. The lowest BCUT2D eigenvalue weighted by molar-refractivity contribution is -0.120. The Hall–Kier alpha value is -2.87. The zero-order valence-electron chi connectivity index (χ0n) is 12.1. The smallest absolute Gasteiger partial charge is 0.270 e. The largest absolute Gasteiger partial charge is 0.368 e. The molecule has 0 bridgehead atoms. The van der Waals surface area contributed by atoms with Crippen LogP contribution in [-0.4, -0.2) is 22.8 Å². The van der Waals surface area contributed by atoms with E-state index in [9.17, 15) is 9.59 Å². The van der Waals surface area contributed by atoms with Crippen LogP contribution < -0.4 is 11.1 Å². The Balaban J connectivity index is 2.11. The molecule has 5 nitrogen and oxygen atoms in total. The van der Waals surface area contributed by atoms with Crippen molar-refractivity contribution in [3.8, 4) is 12.3 Å². The number of pyridine rings is 1. The molecule has 0 unspecified atom stereocenters. The summed E-state index contributed by atoms with van der Waals surface area (Å²) in [6, 6.07) is 10.2. The minimum atomic E-state index is -0.742. The zero-order chi connectivity index (χ0) is 15.9. The lowest BCUT2D eigenvalue weighted by Gasteiger charge is -2.14. The first-order chi connectivity index (χ1) is 10.6. The highest BCUT2D eigenvalue weighted by molar-refractivity contribution is 5.97. The number of nitrogens with zero attached hydrogens (tertiary/aromatic N) is 1. The number of nitrogens with two attached hydrogens (primary N) is 1. The molecule has 0 saturated carbocycles. The number of nitrogens with one attached hydrogen (secondary N) is 1. The van der Waals surface area contributed by atoms with Crippen LogP contribution in [0.3, 0.4) is 0 Å². The summed E-state index contributed by atoms with van der Waals surface area (Å²) in [5.41, 5.74) is 6.28. The fourth-order valence-electron chi connectivity index (χ4n) is 2.12. The molecule has 2 aromatic rings. The molecule has 112 valence electrons. The number of para-hydroxylation sites is 1. The molecule has 0 aliphatic heterocycles. The molecule has 0 saturated heterocycles. The van der Waals surface area contributed by atoms with E-state index in [4.69, 9.17) is 12.2 Å². The van der Waals surface area contributed by atoms with Gasteiger partial charge in [-0.15, -0.1) is 12.3 Å². The Labute approximate surface area is 128 Å². The lowest BCUT2D eigenvalue weighted by atomic mass is 10.1. The number of fused-ring (bicyclic) bond motifs is 1. The quantitative estimate of drug-likeness (QED) is 0.627. The van der Waals surface area contributed by atoms with Crippen molar-refractivity contribution in [1.82, 2.24) is 10.3 Å². The molecule has 0 radical (unpaired) electrons. The van der Waals surface area contributed by atoms with Crippen molar-refractivity contribution < 1.29 is 9.59 Å². The van der Waals surface area contributed by atoms with E-state index in [1.54, 1.807) is 6.07 Å². The van der Waals surface area contributed by atoms with Crippen molar-refractivity contribution in [2.45, 2.75) is 25.3 Å². The lowest BCUT2D eigenvalue weighted by Crippen LogP contribution is -2.44. The number of hydrogen-bond acceptors (Lipinski definition) is 3. The number of aromatic nitrogens is 1. The molecular formula is C17H17N3O2. The highest BCUT2D eigenvalue weighted by Gasteiger charge is 2.19. The number of rotatable bonds is 6. The third kappa shape index (κ3) is 3.83. The van der Waals surface area contributed by atoms with Crippen molar-refractivity contribution >= 4 is 22.7 Å². The molecule has 1 heterocycles. The molecule has 0 spiro atoms. The summed E-state index contributed by atoms with van der Waals surface area (Å²) in [4.78, 5) is 27.9. The van der Waals surface area contributed by atoms with E-state index >= 15 is 0 Å². The standard InChI is InChI=1S/C17H17N3O2/c1-2-3-4-9-14(16(18)21)20-17(22)15-11-10-12-7-5-6-8-13(12)19-15/h1,5-8,10-11,14H,3-4,9H2,(H2,18,21)(H,20,22)/t14-/m1/s1. The van der Waals surface area contributed by atoms with Crippen LogP contribution in [0.5, 0.6) is 0 Å². The van der Waals surface area contributed by atoms with Crippen LogP contribution in [0, 0.1) is 12.3 Å². The summed E-state index contributed by atoms with van der Waals surface area (Å²) < 4.78 is 0. The van der Waals surface area contributed by atoms with Crippen LogP contribution in [0.2, 0.25) is 0 Å². The van der Waals surface area contributed by atoms with Crippen LogP contribution >= 0.6 is 0 Å². The molecule has 2 rings (SSSR count). The number of amides is 2. The fraction of sp³-hybridized carbons (Fsp3) is 0.235. The first-order valence-electron chi connectivity index (χ1n) is 7.01. The highest BCUT2D eigenvalue weighted by atomic mass is 16.2. The Bertz CT molecular complexity index is 734. The fourth-order valence-corrected chi connectivity index (χ4v) is 2.12. The number of hydrogen-bond donors (Lipinski definition) is 2. The van der Waals surface area contributed by atoms with Gasteiger partial charge in [-0.25, -0.2) is 4.98 Å². The molecule has 3 N–H and O–H groups in total. The van der Waals surface area contributed by atoms with Crippen molar-refractivity contribution in [2.75, 3.05) is 0 Å². The van der Waals surface area contributed by atoms with E-state index in [2.05, 4.69) is 16.2 Å². The third-order valence-corrected chi connectivity index (χ3v) is 3.29. The van der Waals surface area contributed by atoms with Gasteiger partial charge in [0.1, 0.15) is 11.7 Å². The number of benzene rings is 1. The Morgan fingerprint density at radius 2 is 2.05 bits per heavy atom. The Morgan fingerprint density at radius 3 is 2.77 bits per heavy atom. The number of primary amides is 1. The van der Waals surface area contributed by atoms with Gasteiger partial charge in [-0.1, -0.05) is 24.3 Å². The Kier molecular flexibility index (Phi) is 5.10. The summed E-state index contributed by atoms with van der Waals surface area (Å²) in [6.45, 7) is 0. The van der Waals surface area contributed by atoms with Gasteiger partial charge < -0.3 is 11.1 Å². The van der Waals surface area contributed by atoms with Crippen molar-refractivity contribution in [3.05, 3.63) is 42.1 Å². The number of unbranched alkanes of at least 4 members (excludes halogenated alkanes) is 1. The summed E-state index contributed by atoms with van der Waals surface area (Å²) in [5.74, 6) is 1.49. The topological polar surface area (TPSA) is 85.1 Å². The molecule has 5 heteroatoms. The molecule has 22 heavy (non-hydrogen) atoms. The van der Waals surface area contributed by atoms with Crippen molar-refractivity contribution in [2.24, 2.45) is 5.73 Å². The number of terminal acetylenes is 1. The van der Waals surface area contributed by atoms with Gasteiger partial charge in [0.25, 0.3) is 5.91 Å². The van der Waals surface area contributed by atoms with E-state index in [-0.39, 0.29) is 5.69 Å². The maximum absolute atomic E-state index is 12.2. The van der Waals surface area contributed by atoms with Crippen molar-refractivity contribution in [3.63, 3.8) is 0 Å². The van der Waals surface area contributed by atoms with Crippen LogP contribution in [0.25, 0.3) is 10.9 Å². The van der Waals surface area contributed by atoms with Gasteiger partial charge in [0.2, 0.25) is 5.91 Å². The van der Waals surface area contributed by atoms with Gasteiger partial charge in [0.05, 0.1) is 5.52 Å².